The first-order chi connectivity index (χ1) is 13.7. The lowest BCUT2D eigenvalue weighted by atomic mass is 10.1. The Morgan fingerprint density at radius 1 is 0.964 bits per heavy atom. The van der Waals surface area contributed by atoms with Gasteiger partial charge in [0.1, 0.15) is 5.82 Å². The van der Waals surface area contributed by atoms with E-state index in [1.807, 2.05) is 36.4 Å². The number of anilines is 3. The van der Waals surface area contributed by atoms with Gasteiger partial charge in [0.15, 0.2) is 0 Å². The number of nitrogens with zero attached hydrogens (tertiary/aromatic N) is 3. The summed E-state index contributed by atoms with van der Waals surface area (Å²) >= 11 is 0. The molecule has 4 rings (SSSR count). The summed E-state index contributed by atoms with van der Waals surface area (Å²) in [6, 6.07) is 11.6. The van der Waals surface area contributed by atoms with Crippen LogP contribution in [0.15, 0.2) is 42.6 Å². The van der Waals surface area contributed by atoms with Crippen molar-refractivity contribution in [1.29, 1.82) is 0 Å². The van der Waals surface area contributed by atoms with Gasteiger partial charge in [-0.25, -0.2) is 4.98 Å². The van der Waals surface area contributed by atoms with Crippen molar-refractivity contribution < 1.29 is 9.59 Å². The van der Waals surface area contributed by atoms with Crippen LogP contribution in [0.2, 0.25) is 0 Å². The Hall–Kier alpha value is -2.89. The molecular formula is C22H26N4O2. The summed E-state index contributed by atoms with van der Waals surface area (Å²) in [7, 11) is 0. The number of pyridine rings is 1. The number of carbonyl (C=O) groups excluding carboxylic acids is 2. The predicted molar refractivity (Wildman–Crippen MR) is 111 cm³/mol. The van der Waals surface area contributed by atoms with Crippen molar-refractivity contribution in [3.05, 3.63) is 48.2 Å². The maximum atomic E-state index is 12.3. The SMILES string of the molecule is O=C(Cc1ccc(N2CCCC2=O)cc1)Nc1ccc(N2CCCCC2)nc1. The van der Waals surface area contributed by atoms with Crippen LogP contribution in [0.3, 0.4) is 0 Å². The van der Waals surface area contributed by atoms with Gasteiger partial charge >= 0.3 is 0 Å². The van der Waals surface area contributed by atoms with Gasteiger partial charge in [-0.1, -0.05) is 12.1 Å². The summed E-state index contributed by atoms with van der Waals surface area (Å²) in [6.07, 6.45) is 7.27. The molecule has 1 N–H and O–H groups in total. The number of benzene rings is 1. The van der Waals surface area contributed by atoms with E-state index in [0.717, 1.165) is 43.1 Å². The fourth-order valence-electron chi connectivity index (χ4n) is 3.88. The number of hydrogen-bond acceptors (Lipinski definition) is 4. The van der Waals surface area contributed by atoms with Crippen molar-refractivity contribution in [3.8, 4) is 0 Å². The van der Waals surface area contributed by atoms with Crippen molar-refractivity contribution in [2.24, 2.45) is 0 Å². The average Bonchev–Trinajstić information content (AvgIpc) is 3.16. The number of hydrogen-bond donors (Lipinski definition) is 1. The van der Waals surface area contributed by atoms with Crippen molar-refractivity contribution in [3.63, 3.8) is 0 Å². The first-order valence-corrected chi connectivity index (χ1v) is 10.1. The fraction of sp³-hybridized carbons (Fsp3) is 0.409. The van der Waals surface area contributed by atoms with Gasteiger partial charge in [-0.15, -0.1) is 0 Å². The standard InChI is InChI=1S/C22H26N4O2/c27-21(15-17-6-9-19(10-7-17)26-14-4-5-22(26)28)24-18-8-11-20(23-16-18)25-12-2-1-3-13-25/h6-11,16H,1-5,12-15H2,(H,24,27). The Labute approximate surface area is 165 Å². The van der Waals surface area contributed by atoms with Crippen LogP contribution in [0, 0.1) is 0 Å². The van der Waals surface area contributed by atoms with Gasteiger partial charge in [0, 0.05) is 31.7 Å². The fourth-order valence-corrected chi connectivity index (χ4v) is 3.88. The number of aromatic nitrogens is 1. The monoisotopic (exact) mass is 378 g/mol. The second kappa shape index (κ2) is 8.42. The molecule has 6 heteroatoms. The molecule has 0 radical (unpaired) electrons. The molecule has 1 aromatic carbocycles. The van der Waals surface area contributed by atoms with E-state index in [1.165, 1.54) is 19.3 Å². The minimum Gasteiger partial charge on any atom is -0.357 e. The highest BCUT2D eigenvalue weighted by Crippen LogP contribution is 2.22. The molecule has 2 aliphatic heterocycles. The number of piperidine rings is 1. The van der Waals surface area contributed by atoms with Crippen LogP contribution in [-0.2, 0) is 16.0 Å². The van der Waals surface area contributed by atoms with Gasteiger partial charge in [-0.3, -0.25) is 9.59 Å². The largest absolute Gasteiger partial charge is 0.357 e. The van der Waals surface area contributed by atoms with Crippen LogP contribution >= 0.6 is 0 Å². The lowest BCUT2D eigenvalue weighted by molar-refractivity contribution is -0.117. The number of nitrogens with one attached hydrogen (secondary N) is 1. The Kier molecular flexibility index (Phi) is 5.55. The second-order valence-corrected chi connectivity index (χ2v) is 7.49. The van der Waals surface area contributed by atoms with Crippen LogP contribution in [0.4, 0.5) is 17.2 Å². The van der Waals surface area contributed by atoms with E-state index in [1.54, 1.807) is 11.1 Å². The molecule has 0 saturated carbocycles. The highest BCUT2D eigenvalue weighted by Gasteiger charge is 2.21. The molecule has 2 aliphatic rings. The molecule has 2 saturated heterocycles. The molecule has 0 atom stereocenters. The zero-order chi connectivity index (χ0) is 19.3. The molecule has 0 bridgehead atoms. The van der Waals surface area contributed by atoms with Crippen LogP contribution in [0.5, 0.6) is 0 Å². The predicted octanol–water partition coefficient (Wildman–Crippen LogP) is 3.38. The van der Waals surface area contributed by atoms with Gasteiger partial charge in [0.25, 0.3) is 0 Å². The lowest BCUT2D eigenvalue weighted by Gasteiger charge is -2.27. The van der Waals surface area contributed by atoms with E-state index < -0.39 is 0 Å². The molecule has 0 unspecified atom stereocenters. The summed E-state index contributed by atoms with van der Waals surface area (Å²) < 4.78 is 0. The Balaban J connectivity index is 1.32. The maximum absolute atomic E-state index is 12.3. The van der Waals surface area contributed by atoms with Gasteiger partial charge in [-0.2, -0.15) is 0 Å². The number of rotatable bonds is 5. The average molecular weight is 378 g/mol. The Morgan fingerprint density at radius 3 is 2.39 bits per heavy atom. The molecule has 2 fully saturated rings. The third kappa shape index (κ3) is 4.32. The first-order valence-electron chi connectivity index (χ1n) is 10.1. The zero-order valence-corrected chi connectivity index (χ0v) is 16.1. The zero-order valence-electron chi connectivity index (χ0n) is 16.1. The maximum Gasteiger partial charge on any atom is 0.228 e. The molecule has 3 heterocycles. The number of carbonyl (C=O) groups is 2. The van der Waals surface area contributed by atoms with E-state index in [4.69, 9.17) is 0 Å². The smallest absolute Gasteiger partial charge is 0.228 e. The van der Waals surface area contributed by atoms with E-state index in [9.17, 15) is 9.59 Å². The van der Waals surface area contributed by atoms with Crippen LogP contribution in [0.25, 0.3) is 0 Å². The topological polar surface area (TPSA) is 65.5 Å². The minimum absolute atomic E-state index is 0.0717. The lowest BCUT2D eigenvalue weighted by Crippen LogP contribution is -2.30. The van der Waals surface area contributed by atoms with E-state index in [-0.39, 0.29) is 11.8 Å². The summed E-state index contributed by atoms with van der Waals surface area (Å²) in [6.45, 7) is 2.88. The molecule has 0 aliphatic carbocycles. The van der Waals surface area contributed by atoms with Crippen molar-refractivity contribution in [2.75, 3.05) is 34.8 Å². The van der Waals surface area contributed by atoms with Gasteiger partial charge in [0.2, 0.25) is 11.8 Å². The summed E-state index contributed by atoms with van der Waals surface area (Å²) in [5.41, 5.74) is 2.54. The number of amides is 2. The molecule has 146 valence electrons. The van der Waals surface area contributed by atoms with Gasteiger partial charge in [-0.05, 0) is 55.5 Å². The molecule has 2 amide bonds. The van der Waals surface area contributed by atoms with Crippen molar-refractivity contribution in [2.45, 2.75) is 38.5 Å². The summed E-state index contributed by atoms with van der Waals surface area (Å²) in [5, 5.41) is 2.91. The molecule has 0 spiro atoms. The second-order valence-electron chi connectivity index (χ2n) is 7.49. The van der Waals surface area contributed by atoms with Gasteiger partial charge in [0.05, 0.1) is 18.3 Å². The van der Waals surface area contributed by atoms with Crippen molar-refractivity contribution in [1.82, 2.24) is 4.98 Å². The third-order valence-electron chi connectivity index (χ3n) is 5.40. The molecule has 6 nitrogen and oxygen atoms in total. The van der Waals surface area contributed by atoms with E-state index >= 15 is 0 Å². The normalized spacial score (nSPS) is 17.1. The summed E-state index contributed by atoms with van der Waals surface area (Å²) in [4.78, 5) is 32.8. The molecule has 2 aromatic rings. The first kappa shape index (κ1) is 18.5. The van der Waals surface area contributed by atoms with E-state index in [2.05, 4.69) is 15.2 Å². The molecule has 28 heavy (non-hydrogen) atoms. The highest BCUT2D eigenvalue weighted by molar-refractivity contribution is 5.95. The van der Waals surface area contributed by atoms with E-state index in [0.29, 0.717) is 18.5 Å². The minimum atomic E-state index is -0.0717. The third-order valence-corrected chi connectivity index (χ3v) is 5.40. The Bertz CT molecular complexity index is 827. The molecule has 1 aromatic heterocycles. The van der Waals surface area contributed by atoms with Crippen molar-refractivity contribution >= 4 is 29.0 Å². The van der Waals surface area contributed by atoms with Gasteiger partial charge < -0.3 is 15.1 Å². The summed E-state index contributed by atoms with van der Waals surface area (Å²) in [5.74, 6) is 1.08. The molecular weight excluding hydrogens is 352 g/mol. The quantitative estimate of drug-likeness (QED) is 0.866. The Morgan fingerprint density at radius 2 is 1.75 bits per heavy atom. The van der Waals surface area contributed by atoms with Crippen LogP contribution in [0.1, 0.15) is 37.7 Å². The van der Waals surface area contributed by atoms with Crippen LogP contribution < -0.4 is 15.1 Å². The highest BCUT2D eigenvalue weighted by atomic mass is 16.2. The van der Waals surface area contributed by atoms with Crippen LogP contribution in [-0.4, -0.2) is 36.4 Å².